The number of ether oxygens (including phenoxy) is 2. The van der Waals surface area contributed by atoms with Crippen molar-refractivity contribution in [1.29, 1.82) is 0 Å². The molecule has 0 aromatic heterocycles. The first-order chi connectivity index (χ1) is 22.6. The molecule has 0 bridgehead atoms. The lowest BCUT2D eigenvalue weighted by molar-refractivity contribution is -0.137. The van der Waals surface area contributed by atoms with E-state index in [-0.39, 0.29) is 16.8 Å². The Hall–Kier alpha value is -4.45. The molecule has 3 N–H and O–H groups in total. The molecule has 47 heavy (non-hydrogen) atoms. The standard InChI is InChI=1S/C41H53N3O3/c1-7-39(45)47-29-13-9-8-12-28-46-34-22-18-32(19-23-34)30-42-37-24-25-38(36-15-11-10-14-35(36)37)44-43-33-20-16-31(17-21-33)26-27-41(5,6)40(2,3)4/h7,10-11,14-25,42-44H,1,8-9,12-13,26-30H2,2-6H3. The number of hydrogen-bond donors (Lipinski definition) is 3. The summed E-state index contributed by atoms with van der Waals surface area (Å²) in [5, 5.41) is 5.93. The predicted octanol–water partition coefficient (Wildman–Crippen LogP) is 10.6. The molecule has 0 aliphatic rings. The Kier molecular flexibility index (Phi) is 12.7. The topological polar surface area (TPSA) is 71.6 Å². The Morgan fingerprint density at radius 2 is 1.34 bits per heavy atom. The second-order valence-corrected chi connectivity index (χ2v) is 13.9. The number of aryl methyl sites for hydroxylation is 1. The highest BCUT2D eigenvalue weighted by molar-refractivity contribution is 6.02. The first-order valence-corrected chi connectivity index (χ1v) is 16.9. The summed E-state index contributed by atoms with van der Waals surface area (Å²) in [4.78, 5) is 11.1. The molecule has 4 rings (SSSR count). The number of nitrogens with one attached hydrogen (secondary N) is 3. The van der Waals surface area contributed by atoms with E-state index in [2.05, 4.69) is 130 Å². The highest BCUT2D eigenvalue weighted by atomic mass is 16.5. The van der Waals surface area contributed by atoms with Crippen molar-refractivity contribution >= 4 is 33.8 Å². The van der Waals surface area contributed by atoms with Crippen LogP contribution >= 0.6 is 0 Å². The van der Waals surface area contributed by atoms with E-state index < -0.39 is 0 Å². The van der Waals surface area contributed by atoms with Crippen molar-refractivity contribution in [2.45, 2.75) is 79.7 Å². The van der Waals surface area contributed by atoms with Crippen LogP contribution in [0.25, 0.3) is 10.8 Å². The molecule has 0 fully saturated rings. The van der Waals surface area contributed by atoms with Crippen LogP contribution in [0.1, 0.15) is 77.8 Å². The van der Waals surface area contributed by atoms with Gasteiger partial charge in [-0.15, -0.1) is 0 Å². The molecule has 0 saturated heterocycles. The van der Waals surface area contributed by atoms with Crippen molar-refractivity contribution in [3.8, 4) is 5.75 Å². The van der Waals surface area contributed by atoms with Crippen LogP contribution in [0.5, 0.6) is 5.75 Å². The van der Waals surface area contributed by atoms with Gasteiger partial charge in [-0.25, -0.2) is 4.79 Å². The number of benzene rings is 4. The number of hydrazine groups is 1. The van der Waals surface area contributed by atoms with Crippen LogP contribution in [-0.2, 0) is 22.5 Å². The first-order valence-electron chi connectivity index (χ1n) is 16.9. The second kappa shape index (κ2) is 16.9. The highest BCUT2D eigenvalue weighted by Crippen LogP contribution is 2.41. The highest BCUT2D eigenvalue weighted by Gasteiger charge is 2.32. The van der Waals surface area contributed by atoms with Gasteiger partial charge >= 0.3 is 5.97 Å². The maximum Gasteiger partial charge on any atom is 0.330 e. The lowest BCUT2D eigenvalue weighted by atomic mass is 9.66. The summed E-state index contributed by atoms with van der Waals surface area (Å²) in [6, 6.07) is 29.7. The van der Waals surface area contributed by atoms with Gasteiger partial charge in [0.05, 0.1) is 24.6 Å². The van der Waals surface area contributed by atoms with Crippen molar-refractivity contribution < 1.29 is 14.3 Å². The molecule has 0 radical (unpaired) electrons. The van der Waals surface area contributed by atoms with Gasteiger partial charge in [0.25, 0.3) is 0 Å². The molecule has 0 aliphatic carbocycles. The number of unbranched alkanes of at least 4 members (excludes halogenated alkanes) is 3. The maximum absolute atomic E-state index is 11.1. The number of fused-ring (bicyclic) bond motifs is 1. The van der Waals surface area contributed by atoms with Gasteiger partial charge in [0.1, 0.15) is 5.75 Å². The third-order valence-corrected chi connectivity index (χ3v) is 9.41. The van der Waals surface area contributed by atoms with Gasteiger partial charge in [-0.3, -0.25) is 0 Å². The summed E-state index contributed by atoms with van der Waals surface area (Å²) in [6.07, 6.45) is 7.31. The number of carbonyl (C=O) groups is 1. The molecule has 0 atom stereocenters. The Balaban J connectivity index is 1.24. The van der Waals surface area contributed by atoms with Gasteiger partial charge in [0.2, 0.25) is 0 Å². The van der Waals surface area contributed by atoms with Crippen LogP contribution in [0.3, 0.4) is 0 Å². The van der Waals surface area contributed by atoms with Crippen LogP contribution in [0.2, 0.25) is 0 Å². The molecule has 6 heteroatoms. The predicted molar refractivity (Wildman–Crippen MR) is 198 cm³/mol. The van der Waals surface area contributed by atoms with E-state index in [1.807, 2.05) is 12.1 Å². The number of anilines is 3. The van der Waals surface area contributed by atoms with Gasteiger partial charge < -0.3 is 25.6 Å². The number of hydrogen-bond acceptors (Lipinski definition) is 6. The fourth-order valence-corrected chi connectivity index (χ4v) is 5.17. The number of carbonyl (C=O) groups excluding carboxylic acids is 1. The largest absolute Gasteiger partial charge is 0.494 e. The minimum Gasteiger partial charge on any atom is -0.494 e. The third-order valence-electron chi connectivity index (χ3n) is 9.41. The lowest BCUT2D eigenvalue weighted by Crippen LogP contribution is -2.30. The smallest absolute Gasteiger partial charge is 0.330 e. The molecule has 6 nitrogen and oxygen atoms in total. The summed E-state index contributed by atoms with van der Waals surface area (Å²) in [6.45, 7) is 17.0. The molecule has 0 amide bonds. The monoisotopic (exact) mass is 635 g/mol. The minimum absolute atomic E-state index is 0.279. The molecule has 0 unspecified atom stereocenters. The fraction of sp³-hybridized carbons (Fsp3) is 0.390. The van der Waals surface area contributed by atoms with Crippen LogP contribution < -0.4 is 20.9 Å². The molecule has 0 aliphatic heterocycles. The zero-order valence-corrected chi connectivity index (χ0v) is 29.0. The zero-order chi connectivity index (χ0) is 33.7. The summed E-state index contributed by atoms with van der Waals surface area (Å²) < 4.78 is 10.9. The molecular weight excluding hydrogens is 582 g/mol. The molecule has 0 spiro atoms. The van der Waals surface area contributed by atoms with Crippen molar-refractivity contribution in [2.75, 3.05) is 29.4 Å². The van der Waals surface area contributed by atoms with E-state index >= 15 is 0 Å². The van der Waals surface area contributed by atoms with Crippen molar-refractivity contribution in [3.63, 3.8) is 0 Å². The summed E-state index contributed by atoms with van der Waals surface area (Å²) in [7, 11) is 0. The average Bonchev–Trinajstić information content (AvgIpc) is 3.07. The van der Waals surface area contributed by atoms with E-state index in [0.29, 0.717) is 19.8 Å². The van der Waals surface area contributed by atoms with Crippen LogP contribution in [0, 0.1) is 10.8 Å². The summed E-state index contributed by atoms with van der Waals surface area (Å²) in [5.74, 6) is 0.518. The molecule has 250 valence electrons. The second-order valence-electron chi connectivity index (χ2n) is 13.9. The normalized spacial score (nSPS) is 11.6. The van der Waals surface area contributed by atoms with Gasteiger partial charge in [-0.05, 0) is 96.9 Å². The Morgan fingerprint density at radius 3 is 2.00 bits per heavy atom. The third kappa shape index (κ3) is 10.8. The maximum atomic E-state index is 11.1. The average molecular weight is 636 g/mol. The van der Waals surface area contributed by atoms with E-state index in [0.717, 1.165) is 72.1 Å². The van der Waals surface area contributed by atoms with Crippen LogP contribution in [0.15, 0.2) is 97.6 Å². The van der Waals surface area contributed by atoms with E-state index in [1.165, 1.54) is 17.2 Å². The lowest BCUT2D eigenvalue weighted by Gasteiger charge is -2.39. The summed E-state index contributed by atoms with van der Waals surface area (Å²) in [5.41, 5.74) is 13.1. The van der Waals surface area contributed by atoms with E-state index in [4.69, 9.17) is 9.47 Å². The first kappa shape index (κ1) is 35.4. The Bertz CT molecular complexity index is 1570. The Labute approximate surface area is 281 Å². The molecule has 0 saturated carbocycles. The fourth-order valence-electron chi connectivity index (χ4n) is 5.17. The number of esters is 1. The quantitative estimate of drug-likeness (QED) is 0.0437. The van der Waals surface area contributed by atoms with Gasteiger partial charge in [-0.1, -0.05) is 89.7 Å². The van der Waals surface area contributed by atoms with Crippen molar-refractivity contribution in [3.05, 3.63) is 109 Å². The molecule has 4 aromatic rings. The molecule has 0 heterocycles. The SMILES string of the molecule is C=CC(=O)OCCCCCCOc1ccc(CNc2ccc(NNc3ccc(CCC(C)(C)C(C)(C)C)cc3)c3ccccc23)cc1. The Morgan fingerprint density at radius 1 is 0.723 bits per heavy atom. The number of rotatable bonds is 18. The van der Waals surface area contributed by atoms with E-state index in [9.17, 15) is 4.79 Å². The van der Waals surface area contributed by atoms with Crippen molar-refractivity contribution in [2.24, 2.45) is 10.8 Å². The minimum atomic E-state index is -0.359. The van der Waals surface area contributed by atoms with E-state index in [1.54, 1.807) is 0 Å². The van der Waals surface area contributed by atoms with Gasteiger partial charge in [0, 0.05) is 29.1 Å². The van der Waals surface area contributed by atoms with Gasteiger partial charge in [0.15, 0.2) is 0 Å². The van der Waals surface area contributed by atoms with Crippen LogP contribution in [0.4, 0.5) is 17.1 Å². The molecule has 4 aromatic carbocycles. The molecular formula is C41H53N3O3. The van der Waals surface area contributed by atoms with Crippen LogP contribution in [-0.4, -0.2) is 19.2 Å². The zero-order valence-electron chi connectivity index (χ0n) is 29.0. The van der Waals surface area contributed by atoms with Crippen molar-refractivity contribution in [1.82, 2.24) is 0 Å². The summed E-state index contributed by atoms with van der Waals surface area (Å²) >= 11 is 0. The van der Waals surface area contributed by atoms with Gasteiger partial charge in [-0.2, -0.15) is 0 Å².